The van der Waals surface area contributed by atoms with Crippen LogP contribution in [0.5, 0.6) is 0 Å². The summed E-state index contributed by atoms with van der Waals surface area (Å²) in [4.78, 5) is 0.884. The first-order valence-corrected chi connectivity index (χ1v) is 4.90. The zero-order valence-corrected chi connectivity index (χ0v) is 7.65. The largest absolute Gasteiger partial charge is 0.0888 e. The first-order valence-electron chi connectivity index (χ1n) is 3.98. The van der Waals surface area contributed by atoms with Crippen LogP contribution in [0.15, 0.2) is 0 Å². The van der Waals surface area contributed by atoms with E-state index in [0.717, 1.165) is 10.7 Å². The van der Waals surface area contributed by atoms with E-state index in [4.69, 9.17) is 0 Å². The lowest BCUT2D eigenvalue weighted by Crippen LogP contribution is -1.80. The molecule has 1 heteroatoms. The maximum Gasteiger partial charge on any atom is 0.0177 e. The Morgan fingerprint density at radius 3 is 2.56 bits per heavy atom. The van der Waals surface area contributed by atoms with Crippen molar-refractivity contribution < 1.29 is 0 Å². The van der Waals surface area contributed by atoms with Crippen LogP contribution in [0.4, 0.5) is 0 Å². The van der Waals surface area contributed by atoms with E-state index in [-0.39, 0.29) is 0 Å². The summed E-state index contributed by atoms with van der Waals surface area (Å²) in [6.07, 6.45) is 7.13. The van der Waals surface area contributed by atoms with Crippen molar-refractivity contribution >= 4 is 15.9 Å². The van der Waals surface area contributed by atoms with Gasteiger partial charge in [-0.2, -0.15) is 0 Å². The molecule has 1 aliphatic carbocycles. The van der Waals surface area contributed by atoms with Crippen LogP contribution >= 0.6 is 15.9 Å². The van der Waals surface area contributed by atoms with Crippen LogP contribution in [0, 0.1) is 5.92 Å². The highest BCUT2D eigenvalue weighted by Gasteiger charge is 2.33. The van der Waals surface area contributed by atoms with Crippen LogP contribution in [0.2, 0.25) is 0 Å². The molecule has 2 atom stereocenters. The molecule has 0 spiro atoms. The van der Waals surface area contributed by atoms with Crippen molar-refractivity contribution in [2.45, 2.75) is 43.9 Å². The van der Waals surface area contributed by atoms with Crippen LogP contribution in [0.3, 0.4) is 0 Å². The molecular weight excluding hydrogens is 176 g/mol. The predicted octanol–water partition coefficient (Wildman–Crippen LogP) is 3.35. The molecule has 1 fully saturated rings. The average Bonchev–Trinajstić information content (AvgIpc) is 2.48. The van der Waals surface area contributed by atoms with Crippen LogP contribution in [-0.4, -0.2) is 4.83 Å². The summed E-state index contributed by atoms with van der Waals surface area (Å²) in [6, 6.07) is 0. The minimum absolute atomic E-state index is 0.884. The Kier molecular flexibility index (Phi) is 3.03. The number of alkyl halides is 1. The molecule has 0 radical (unpaired) electrons. The Morgan fingerprint density at radius 1 is 1.44 bits per heavy atom. The zero-order chi connectivity index (χ0) is 6.69. The number of rotatable bonds is 4. The molecule has 1 saturated carbocycles. The number of unbranched alkanes of at least 4 members (excludes halogenated alkanes) is 2. The van der Waals surface area contributed by atoms with E-state index >= 15 is 0 Å². The topological polar surface area (TPSA) is 0 Å². The minimum Gasteiger partial charge on any atom is -0.0888 e. The van der Waals surface area contributed by atoms with Crippen molar-refractivity contribution in [2.75, 3.05) is 0 Å². The van der Waals surface area contributed by atoms with Gasteiger partial charge in [0, 0.05) is 4.83 Å². The smallest absolute Gasteiger partial charge is 0.0177 e. The van der Waals surface area contributed by atoms with E-state index in [9.17, 15) is 0 Å². The number of halogens is 1. The van der Waals surface area contributed by atoms with Crippen molar-refractivity contribution in [2.24, 2.45) is 5.92 Å². The maximum absolute atomic E-state index is 3.60. The van der Waals surface area contributed by atoms with Crippen molar-refractivity contribution in [3.05, 3.63) is 0 Å². The normalized spacial score (nSPS) is 32.7. The summed E-state index contributed by atoms with van der Waals surface area (Å²) >= 11 is 3.60. The second-order valence-corrected chi connectivity index (χ2v) is 4.18. The Labute approximate surface area is 66.2 Å². The van der Waals surface area contributed by atoms with E-state index in [1.54, 1.807) is 0 Å². The second-order valence-electron chi connectivity index (χ2n) is 3.01. The van der Waals surface area contributed by atoms with Gasteiger partial charge in [-0.3, -0.25) is 0 Å². The molecule has 9 heavy (non-hydrogen) atoms. The molecule has 0 nitrogen and oxygen atoms in total. The fourth-order valence-electron chi connectivity index (χ4n) is 1.17. The van der Waals surface area contributed by atoms with E-state index in [2.05, 4.69) is 22.9 Å². The molecule has 0 aliphatic heterocycles. The summed E-state index contributed by atoms with van der Waals surface area (Å²) in [5.41, 5.74) is 0. The fraction of sp³-hybridized carbons (Fsp3) is 1.00. The molecule has 0 aromatic rings. The van der Waals surface area contributed by atoms with Crippen molar-refractivity contribution in [3.63, 3.8) is 0 Å². The highest BCUT2D eigenvalue weighted by Crippen LogP contribution is 2.41. The predicted molar refractivity (Wildman–Crippen MR) is 45.0 cm³/mol. The van der Waals surface area contributed by atoms with Gasteiger partial charge in [0.1, 0.15) is 0 Å². The maximum atomic E-state index is 3.60. The standard InChI is InChI=1S/C8H15Br/c1-2-3-4-5-7-6-8(7)9/h7-8H,2-6H2,1H3/t7-,8+/m1/s1. The van der Waals surface area contributed by atoms with Gasteiger partial charge >= 0.3 is 0 Å². The summed E-state index contributed by atoms with van der Waals surface area (Å²) in [6.45, 7) is 2.26. The quantitative estimate of drug-likeness (QED) is 0.472. The highest BCUT2D eigenvalue weighted by molar-refractivity contribution is 9.09. The van der Waals surface area contributed by atoms with E-state index in [1.165, 1.54) is 32.1 Å². The van der Waals surface area contributed by atoms with Gasteiger partial charge in [0.25, 0.3) is 0 Å². The average molecular weight is 191 g/mol. The van der Waals surface area contributed by atoms with Gasteiger partial charge in [-0.1, -0.05) is 42.1 Å². The molecule has 1 rings (SSSR count). The molecule has 0 aromatic heterocycles. The molecule has 0 saturated heterocycles. The van der Waals surface area contributed by atoms with Gasteiger partial charge < -0.3 is 0 Å². The lowest BCUT2D eigenvalue weighted by molar-refractivity contribution is 0.623. The van der Waals surface area contributed by atoms with Crippen LogP contribution in [-0.2, 0) is 0 Å². The zero-order valence-electron chi connectivity index (χ0n) is 6.07. The SMILES string of the molecule is CCCCC[C@@H]1C[C@@H]1Br. The van der Waals surface area contributed by atoms with Gasteiger partial charge in [0.15, 0.2) is 0 Å². The van der Waals surface area contributed by atoms with Crippen molar-refractivity contribution in [1.29, 1.82) is 0 Å². The lowest BCUT2D eigenvalue weighted by Gasteiger charge is -1.93. The van der Waals surface area contributed by atoms with E-state index in [0.29, 0.717) is 0 Å². The minimum atomic E-state index is 0.884. The molecule has 0 heterocycles. The van der Waals surface area contributed by atoms with E-state index < -0.39 is 0 Å². The van der Waals surface area contributed by atoms with Crippen molar-refractivity contribution in [1.82, 2.24) is 0 Å². The summed E-state index contributed by atoms with van der Waals surface area (Å²) in [7, 11) is 0. The van der Waals surface area contributed by atoms with Crippen LogP contribution in [0.1, 0.15) is 39.0 Å². The molecule has 0 bridgehead atoms. The third kappa shape index (κ3) is 2.70. The summed E-state index contributed by atoms with van der Waals surface area (Å²) in [5, 5.41) is 0. The van der Waals surface area contributed by atoms with Crippen LogP contribution < -0.4 is 0 Å². The lowest BCUT2D eigenvalue weighted by atomic mass is 10.1. The van der Waals surface area contributed by atoms with Gasteiger partial charge in [-0.25, -0.2) is 0 Å². The Balaban J connectivity index is 1.83. The van der Waals surface area contributed by atoms with Gasteiger partial charge in [-0.05, 0) is 18.8 Å². The first kappa shape index (κ1) is 7.59. The third-order valence-electron chi connectivity index (χ3n) is 2.01. The Morgan fingerprint density at radius 2 is 2.11 bits per heavy atom. The fourth-order valence-corrected chi connectivity index (χ4v) is 1.91. The Hall–Kier alpha value is 0.480. The molecule has 0 unspecified atom stereocenters. The molecule has 1 aliphatic rings. The van der Waals surface area contributed by atoms with Crippen LogP contribution in [0.25, 0.3) is 0 Å². The Bertz CT molecular complexity index is 80.6. The third-order valence-corrected chi connectivity index (χ3v) is 3.14. The summed E-state index contributed by atoms with van der Waals surface area (Å²) in [5.74, 6) is 1.04. The molecule has 0 amide bonds. The monoisotopic (exact) mass is 190 g/mol. The van der Waals surface area contributed by atoms with Gasteiger partial charge in [0.2, 0.25) is 0 Å². The molecule has 54 valence electrons. The van der Waals surface area contributed by atoms with Gasteiger partial charge in [0.05, 0.1) is 0 Å². The summed E-state index contributed by atoms with van der Waals surface area (Å²) < 4.78 is 0. The second kappa shape index (κ2) is 3.60. The first-order chi connectivity index (χ1) is 4.34. The molecule has 0 aromatic carbocycles. The number of hydrogen-bond acceptors (Lipinski definition) is 0. The van der Waals surface area contributed by atoms with E-state index in [1.807, 2.05) is 0 Å². The highest BCUT2D eigenvalue weighted by atomic mass is 79.9. The number of hydrogen-bond donors (Lipinski definition) is 0. The van der Waals surface area contributed by atoms with Crippen molar-refractivity contribution in [3.8, 4) is 0 Å². The molecule has 0 N–H and O–H groups in total. The molecular formula is C8H15Br. The van der Waals surface area contributed by atoms with Gasteiger partial charge in [-0.15, -0.1) is 0 Å².